The number of aryl methyl sites for hydroxylation is 1. The second-order valence-corrected chi connectivity index (χ2v) is 8.91. The Bertz CT molecular complexity index is 875. The minimum absolute atomic E-state index is 0.184. The number of nitrogens with zero attached hydrogens (tertiary/aromatic N) is 1. The van der Waals surface area contributed by atoms with Crippen LogP contribution in [-0.2, 0) is 16.4 Å². The van der Waals surface area contributed by atoms with Crippen LogP contribution < -0.4 is 9.62 Å². The highest BCUT2D eigenvalue weighted by Gasteiger charge is 2.25. The first kappa shape index (κ1) is 19.4. The number of nitrogens with one attached hydrogen (secondary N) is 1. The third-order valence-electron chi connectivity index (χ3n) is 4.80. The Morgan fingerprint density at radius 1 is 1.04 bits per heavy atom. The van der Waals surface area contributed by atoms with Crippen LogP contribution in [0, 0.1) is 0 Å². The van der Waals surface area contributed by atoms with Gasteiger partial charge in [-0.05, 0) is 67.6 Å². The molecule has 0 spiro atoms. The molecule has 1 amide bonds. The predicted octanol–water partition coefficient (Wildman–Crippen LogP) is 4.21. The molecule has 1 aliphatic rings. The third-order valence-corrected chi connectivity index (χ3v) is 6.67. The lowest BCUT2D eigenvalue weighted by Gasteiger charge is -2.28. The second kappa shape index (κ2) is 8.57. The average Bonchev–Trinajstić information content (AvgIpc) is 2.67. The van der Waals surface area contributed by atoms with Crippen molar-refractivity contribution in [3.63, 3.8) is 0 Å². The maximum atomic E-state index is 12.4. The number of sulfonamides is 1. The van der Waals surface area contributed by atoms with Gasteiger partial charge in [-0.3, -0.25) is 9.10 Å². The molecule has 1 fully saturated rings. The van der Waals surface area contributed by atoms with Gasteiger partial charge in [0.15, 0.2) is 0 Å². The van der Waals surface area contributed by atoms with E-state index in [9.17, 15) is 13.2 Å². The van der Waals surface area contributed by atoms with Crippen LogP contribution in [0.15, 0.2) is 48.5 Å². The number of hydrogen-bond donors (Lipinski definition) is 1. The lowest BCUT2D eigenvalue weighted by molar-refractivity contribution is 0.102. The van der Waals surface area contributed by atoms with Crippen LogP contribution in [0.4, 0.5) is 11.4 Å². The molecule has 5 nitrogen and oxygen atoms in total. The summed E-state index contributed by atoms with van der Waals surface area (Å²) in [4.78, 5) is 12.4. The number of rotatable bonds is 6. The molecule has 0 atom stereocenters. The first-order chi connectivity index (χ1) is 13.0. The van der Waals surface area contributed by atoms with Gasteiger partial charge in [0.25, 0.3) is 5.91 Å². The zero-order valence-corrected chi connectivity index (χ0v) is 16.5. The maximum Gasteiger partial charge on any atom is 0.255 e. The van der Waals surface area contributed by atoms with Gasteiger partial charge in [-0.2, -0.15) is 0 Å². The minimum Gasteiger partial charge on any atom is -0.322 e. The minimum atomic E-state index is -3.24. The first-order valence-corrected chi connectivity index (χ1v) is 11.1. The summed E-state index contributed by atoms with van der Waals surface area (Å²) in [6.07, 6.45) is 4.93. The van der Waals surface area contributed by atoms with Gasteiger partial charge in [-0.25, -0.2) is 8.42 Å². The number of benzene rings is 2. The molecule has 1 aliphatic heterocycles. The van der Waals surface area contributed by atoms with Crippen LogP contribution in [0.25, 0.3) is 0 Å². The largest absolute Gasteiger partial charge is 0.322 e. The van der Waals surface area contributed by atoms with E-state index >= 15 is 0 Å². The zero-order valence-electron chi connectivity index (χ0n) is 15.6. The van der Waals surface area contributed by atoms with E-state index in [2.05, 4.69) is 12.2 Å². The molecule has 144 valence electrons. The summed E-state index contributed by atoms with van der Waals surface area (Å²) in [7, 11) is -3.24. The molecule has 0 unspecified atom stereocenters. The van der Waals surface area contributed by atoms with Crippen LogP contribution in [0.5, 0.6) is 0 Å². The Kier molecular flexibility index (Phi) is 6.16. The van der Waals surface area contributed by atoms with E-state index in [1.165, 1.54) is 9.87 Å². The van der Waals surface area contributed by atoms with E-state index in [0.29, 0.717) is 24.2 Å². The van der Waals surface area contributed by atoms with Crippen molar-refractivity contribution in [2.75, 3.05) is 21.9 Å². The SMILES string of the molecule is CCCCc1ccc(NC(=O)c2ccc(N3CCCCS3(=O)=O)cc2)cc1. The topological polar surface area (TPSA) is 66.5 Å². The quantitative estimate of drug-likeness (QED) is 0.809. The van der Waals surface area contributed by atoms with E-state index in [1.54, 1.807) is 24.3 Å². The van der Waals surface area contributed by atoms with E-state index in [4.69, 9.17) is 0 Å². The van der Waals surface area contributed by atoms with E-state index < -0.39 is 10.0 Å². The molecule has 0 bridgehead atoms. The molecule has 3 rings (SSSR count). The number of amides is 1. The lowest BCUT2D eigenvalue weighted by Crippen LogP contribution is -2.37. The maximum absolute atomic E-state index is 12.4. The molecule has 0 radical (unpaired) electrons. The smallest absolute Gasteiger partial charge is 0.255 e. The van der Waals surface area contributed by atoms with Crippen LogP contribution >= 0.6 is 0 Å². The summed E-state index contributed by atoms with van der Waals surface area (Å²) in [5, 5.41) is 2.89. The Hall–Kier alpha value is -2.34. The number of unbranched alkanes of at least 4 members (excludes halogenated alkanes) is 1. The molecule has 2 aromatic carbocycles. The molecule has 0 saturated carbocycles. The van der Waals surface area contributed by atoms with Crippen LogP contribution in [0.3, 0.4) is 0 Å². The molecule has 1 saturated heterocycles. The van der Waals surface area contributed by atoms with Crippen LogP contribution in [0.2, 0.25) is 0 Å². The summed E-state index contributed by atoms with van der Waals surface area (Å²) in [5.41, 5.74) is 3.14. The van der Waals surface area contributed by atoms with E-state index in [1.807, 2.05) is 24.3 Å². The summed E-state index contributed by atoms with van der Waals surface area (Å²) < 4.78 is 25.8. The fourth-order valence-corrected chi connectivity index (χ4v) is 4.84. The van der Waals surface area contributed by atoms with E-state index in [-0.39, 0.29) is 11.7 Å². The summed E-state index contributed by atoms with van der Waals surface area (Å²) >= 11 is 0. The van der Waals surface area contributed by atoms with Crippen molar-refractivity contribution in [1.82, 2.24) is 0 Å². The Morgan fingerprint density at radius 2 is 1.74 bits per heavy atom. The van der Waals surface area contributed by atoms with Gasteiger partial charge < -0.3 is 5.32 Å². The van der Waals surface area contributed by atoms with E-state index in [0.717, 1.165) is 31.4 Å². The van der Waals surface area contributed by atoms with Crippen molar-refractivity contribution in [2.24, 2.45) is 0 Å². The number of hydrogen-bond acceptors (Lipinski definition) is 3. The molecule has 27 heavy (non-hydrogen) atoms. The summed E-state index contributed by atoms with van der Waals surface area (Å²) in [6.45, 7) is 2.67. The highest BCUT2D eigenvalue weighted by atomic mass is 32.2. The fourth-order valence-electron chi connectivity index (χ4n) is 3.20. The molecule has 6 heteroatoms. The Morgan fingerprint density at radius 3 is 2.37 bits per heavy atom. The van der Waals surface area contributed by atoms with Gasteiger partial charge in [0, 0.05) is 17.8 Å². The standard InChI is InChI=1S/C21H26N2O3S/c1-2-3-6-17-7-11-19(12-8-17)22-21(24)18-9-13-20(14-10-18)23-15-4-5-16-27(23,25)26/h7-14H,2-6,15-16H2,1H3,(H,22,24). The lowest BCUT2D eigenvalue weighted by atomic mass is 10.1. The van der Waals surface area contributed by atoms with Gasteiger partial charge in [-0.1, -0.05) is 25.5 Å². The first-order valence-electron chi connectivity index (χ1n) is 9.50. The molecule has 0 aliphatic carbocycles. The summed E-state index contributed by atoms with van der Waals surface area (Å²) in [6, 6.07) is 14.6. The van der Waals surface area contributed by atoms with Crippen molar-refractivity contribution < 1.29 is 13.2 Å². The molecule has 1 heterocycles. The fraction of sp³-hybridized carbons (Fsp3) is 0.381. The molecular weight excluding hydrogens is 360 g/mol. The van der Waals surface area contributed by atoms with Crippen molar-refractivity contribution in [2.45, 2.75) is 39.0 Å². The molecule has 0 aromatic heterocycles. The van der Waals surface area contributed by atoms with Gasteiger partial charge >= 0.3 is 0 Å². The van der Waals surface area contributed by atoms with Gasteiger partial charge in [0.2, 0.25) is 10.0 Å². The van der Waals surface area contributed by atoms with Crippen molar-refractivity contribution in [1.29, 1.82) is 0 Å². The van der Waals surface area contributed by atoms with Gasteiger partial charge in [0.1, 0.15) is 0 Å². The Balaban J connectivity index is 1.65. The third kappa shape index (κ3) is 4.89. The highest BCUT2D eigenvalue weighted by molar-refractivity contribution is 7.92. The van der Waals surface area contributed by atoms with Crippen LogP contribution in [0.1, 0.15) is 48.5 Å². The summed E-state index contributed by atoms with van der Waals surface area (Å²) in [5.74, 6) is -0.0203. The Labute approximate surface area is 161 Å². The van der Waals surface area contributed by atoms with Crippen molar-refractivity contribution in [3.05, 3.63) is 59.7 Å². The van der Waals surface area contributed by atoms with Crippen LogP contribution in [-0.4, -0.2) is 26.6 Å². The molecular formula is C21H26N2O3S. The monoisotopic (exact) mass is 386 g/mol. The zero-order chi connectivity index (χ0) is 19.3. The van der Waals surface area contributed by atoms with Gasteiger partial charge in [-0.15, -0.1) is 0 Å². The predicted molar refractivity (Wildman–Crippen MR) is 110 cm³/mol. The highest BCUT2D eigenvalue weighted by Crippen LogP contribution is 2.24. The number of carbonyl (C=O) groups excluding carboxylic acids is 1. The number of anilines is 2. The van der Waals surface area contributed by atoms with Gasteiger partial charge in [0.05, 0.1) is 11.4 Å². The number of carbonyl (C=O) groups is 1. The normalized spacial score (nSPS) is 16.1. The average molecular weight is 387 g/mol. The van der Waals surface area contributed by atoms with Crippen molar-refractivity contribution >= 4 is 27.3 Å². The second-order valence-electron chi connectivity index (χ2n) is 6.90. The molecule has 2 aromatic rings. The van der Waals surface area contributed by atoms with Crippen molar-refractivity contribution in [3.8, 4) is 0 Å². The molecule has 1 N–H and O–H groups in total.